The number of nitrogens with zero attached hydrogens (tertiary/aromatic N) is 2. The molecule has 0 spiro atoms. The van der Waals surface area contributed by atoms with E-state index in [1.165, 1.54) is 109 Å². The smallest absolute Gasteiger partial charge is 0.248 e. The number of aromatic amines is 2. The maximum atomic E-state index is 10.4. The Bertz CT molecular complexity index is 2280. The Labute approximate surface area is 371 Å². The second kappa shape index (κ2) is 27.3. The Morgan fingerprint density at radius 3 is 1.37 bits per heavy atom. The molecule has 2 aliphatic heterocycles. The molecule has 8 bridgehead atoms. The SMILES string of the molecule is CCCCCCCCCC.CCCCCCCCCCCCOc1c(-c2ccccc2)c2cc3nc(cc4ccc(cc5nc(cc1[nH]2)C=C5)[nH]4)C=C3.NC(=O)c1ccccc1. The zero-order valence-corrected chi connectivity index (χ0v) is 37.8. The molecule has 62 heavy (non-hydrogen) atoms. The molecule has 4 N–H and O–H groups in total. The van der Waals surface area contributed by atoms with Gasteiger partial charge in [0.15, 0.2) is 5.75 Å². The number of benzene rings is 2. The van der Waals surface area contributed by atoms with Crippen LogP contribution >= 0.6 is 0 Å². The molecule has 5 aromatic rings. The van der Waals surface area contributed by atoms with Crippen LogP contribution in [-0.2, 0) is 0 Å². The number of H-pyrrole nitrogens is 2. The molecule has 0 aliphatic carbocycles. The predicted octanol–water partition coefficient (Wildman–Crippen LogP) is 15.6. The number of fused-ring (bicyclic) bond motifs is 8. The molecule has 5 heterocycles. The number of nitrogens with two attached hydrogens (primary N) is 1. The summed E-state index contributed by atoms with van der Waals surface area (Å²) in [6.45, 7) is 7.50. The largest absolute Gasteiger partial charge is 0.491 e. The average molecular weight is 834 g/mol. The van der Waals surface area contributed by atoms with E-state index in [0.717, 1.165) is 68.1 Å². The Morgan fingerprint density at radius 2 is 0.919 bits per heavy atom. The minimum Gasteiger partial charge on any atom is -0.491 e. The highest BCUT2D eigenvalue weighted by molar-refractivity contribution is 5.95. The van der Waals surface area contributed by atoms with Crippen molar-refractivity contribution in [1.82, 2.24) is 19.9 Å². The molecular formula is C55H71N5O2. The molecule has 0 saturated carbocycles. The highest BCUT2D eigenvalue weighted by Gasteiger charge is 2.16. The number of ether oxygens (including phenoxy) is 1. The predicted molar refractivity (Wildman–Crippen MR) is 265 cm³/mol. The van der Waals surface area contributed by atoms with Crippen molar-refractivity contribution in [3.63, 3.8) is 0 Å². The molecule has 7 heteroatoms. The minimum atomic E-state index is -0.379. The summed E-state index contributed by atoms with van der Waals surface area (Å²) in [5.41, 5.74) is 15.2. The van der Waals surface area contributed by atoms with Crippen LogP contribution in [0.4, 0.5) is 0 Å². The average Bonchev–Trinajstić information content (AvgIpc) is 4.11. The summed E-state index contributed by atoms with van der Waals surface area (Å²) in [7, 11) is 0. The van der Waals surface area contributed by atoms with Crippen molar-refractivity contribution in [3.8, 4) is 16.9 Å². The first kappa shape index (κ1) is 47.4. The summed E-state index contributed by atoms with van der Waals surface area (Å²) < 4.78 is 6.64. The van der Waals surface area contributed by atoms with E-state index in [0.29, 0.717) is 12.2 Å². The second-order valence-corrected chi connectivity index (χ2v) is 16.4. The highest BCUT2D eigenvalue weighted by Crippen LogP contribution is 2.39. The van der Waals surface area contributed by atoms with Crippen molar-refractivity contribution in [2.24, 2.45) is 5.73 Å². The number of hydrogen-bond acceptors (Lipinski definition) is 4. The molecule has 1 amide bonds. The first-order valence-electron chi connectivity index (χ1n) is 23.6. The lowest BCUT2D eigenvalue weighted by molar-refractivity contribution is 0.1000. The number of unbranched alkanes of at least 4 members (excludes halogenated alkanes) is 16. The Hall–Kier alpha value is -5.69. The van der Waals surface area contributed by atoms with Gasteiger partial charge in [-0.05, 0) is 84.8 Å². The lowest BCUT2D eigenvalue weighted by atomic mass is 10.1. The van der Waals surface area contributed by atoms with Crippen LogP contribution in [0, 0.1) is 0 Å². The van der Waals surface area contributed by atoms with Gasteiger partial charge in [0.1, 0.15) is 0 Å². The van der Waals surface area contributed by atoms with E-state index in [1.54, 1.807) is 24.3 Å². The van der Waals surface area contributed by atoms with Crippen LogP contribution in [0.15, 0.2) is 97.1 Å². The molecule has 0 atom stereocenters. The van der Waals surface area contributed by atoms with Crippen molar-refractivity contribution in [1.29, 1.82) is 0 Å². The lowest BCUT2D eigenvalue weighted by Crippen LogP contribution is -2.09. The number of aromatic nitrogens is 4. The van der Waals surface area contributed by atoms with Gasteiger partial charge in [-0.2, -0.15) is 0 Å². The molecule has 0 saturated heterocycles. The number of hydrogen-bond donors (Lipinski definition) is 3. The van der Waals surface area contributed by atoms with Crippen LogP contribution < -0.4 is 10.5 Å². The summed E-state index contributed by atoms with van der Waals surface area (Å²) >= 11 is 0. The lowest BCUT2D eigenvalue weighted by Gasteiger charge is -2.09. The standard InChI is InChI=1S/C38H42N4O.C10H22.C7H7NO/c1-2-3-4-5-6-7-8-9-10-14-23-43-38-36-27-34-22-20-32(41-34)25-30-18-17-29(39-30)24-31-19-21-33(40-31)26-35(42-36)37(38)28-15-12-11-13-16-28;1-3-5-7-9-10-8-6-4-2;8-7(9)6-4-2-1-3-5-6/h11-13,15-22,24-27,39,42H,2-10,14,23H2,1H3;3-10H2,1-2H3;1-5H,(H2,8,9). The summed E-state index contributed by atoms with van der Waals surface area (Å²) in [5.74, 6) is 0.494. The monoisotopic (exact) mass is 834 g/mol. The summed E-state index contributed by atoms with van der Waals surface area (Å²) in [5, 5.41) is 0. The molecule has 7 rings (SSSR count). The summed E-state index contributed by atoms with van der Waals surface area (Å²) in [6.07, 6.45) is 32.7. The molecule has 0 radical (unpaired) electrons. The van der Waals surface area contributed by atoms with Crippen molar-refractivity contribution in [2.75, 3.05) is 6.61 Å². The van der Waals surface area contributed by atoms with E-state index in [1.807, 2.05) is 6.07 Å². The van der Waals surface area contributed by atoms with E-state index in [-0.39, 0.29) is 5.91 Å². The Balaban J connectivity index is 0.000000316. The van der Waals surface area contributed by atoms with Crippen molar-refractivity contribution < 1.29 is 9.53 Å². The third kappa shape index (κ3) is 16.3. The van der Waals surface area contributed by atoms with Crippen LogP contribution in [0.1, 0.15) is 169 Å². The molecule has 7 nitrogen and oxygen atoms in total. The van der Waals surface area contributed by atoms with E-state index >= 15 is 0 Å². The molecule has 3 aromatic heterocycles. The quantitative estimate of drug-likeness (QED) is 0.0626. The maximum Gasteiger partial charge on any atom is 0.248 e. The molecule has 328 valence electrons. The van der Waals surface area contributed by atoms with Crippen LogP contribution in [0.2, 0.25) is 0 Å². The van der Waals surface area contributed by atoms with E-state index < -0.39 is 0 Å². The molecule has 0 fully saturated rings. The molecule has 2 aliphatic rings. The van der Waals surface area contributed by atoms with Gasteiger partial charge in [0.2, 0.25) is 5.91 Å². The summed E-state index contributed by atoms with van der Waals surface area (Å²) in [6, 6.07) is 31.8. The van der Waals surface area contributed by atoms with Crippen LogP contribution in [0.25, 0.3) is 57.5 Å². The van der Waals surface area contributed by atoms with Gasteiger partial charge >= 0.3 is 0 Å². The van der Waals surface area contributed by atoms with Gasteiger partial charge in [0.25, 0.3) is 0 Å². The second-order valence-electron chi connectivity index (χ2n) is 16.4. The van der Waals surface area contributed by atoms with Gasteiger partial charge < -0.3 is 20.4 Å². The molecular weight excluding hydrogens is 763 g/mol. The Morgan fingerprint density at radius 1 is 0.500 bits per heavy atom. The van der Waals surface area contributed by atoms with E-state index in [2.05, 4.69) is 122 Å². The zero-order chi connectivity index (χ0) is 43.6. The number of primary amides is 1. The van der Waals surface area contributed by atoms with Crippen LogP contribution in [-0.4, -0.2) is 32.4 Å². The number of nitrogens with one attached hydrogen (secondary N) is 2. The number of carbonyl (C=O) groups excluding carboxylic acids is 1. The fourth-order valence-electron chi connectivity index (χ4n) is 7.67. The van der Waals surface area contributed by atoms with Crippen LogP contribution in [0.5, 0.6) is 5.75 Å². The van der Waals surface area contributed by atoms with Crippen molar-refractivity contribution >= 4 is 52.3 Å². The van der Waals surface area contributed by atoms with Gasteiger partial charge in [-0.25, -0.2) is 9.97 Å². The number of rotatable bonds is 21. The van der Waals surface area contributed by atoms with Gasteiger partial charge in [-0.1, -0.05) is 178 Å². The third-order valence-corrected chi connectivity index (χ3v) is 11.1. The van der Waals surface area contributed by atoms with Gasteiger partial charge in [0.05, 0.1) is 40.4 Å². The highest BCUT2D eigenvalue weighted by atomic mass is 16.5. The number of amides is 1. The van der Waals surface area contributed by atoms with Gasteiger partial charge in [-0.15, -0.1) is 0 Å². The normalized spacial score (nSPS) is 11.4. The topological polar surface area (TPSA) is 110 Å². The van der Waals surface area contributed by atoms with Gasteiger partial charge in [0, 0.05) is 22.2 Å². The van der Waals surface area contributed by atoms with Crippen molar-refractivity contribution in [2.45, 2.75) is 136 Å². The van der Waals surface area contributed by atoms with Gasteiger partial charge in [-0.3, -0.25) is 4.79 Å². The van der Waals surface area contributed by atoms with Crippen LogP contribution in [0.3, 0.4) is 0 Å². The van der Waals surface area contributed by atoms with E-state index in [9.17, 15) is 4.79 Å². The van der Waals surface area contributed by atoms with E-state index in [4.69, 9.17) is 20.4 Å². The molecule has 2 aromatic carbocycles. The molecule has 0 unspecified atom stereocenters. The third-order valence-electron chi connectivity index (χ3n) is 11.1. The van der Waals surface area contributed by atoms with Crippen molar-refractivity contribution in [3.05, 3.63) is 125 Å². The fourth-order valence-corrected chi connectivity index (χ4v) is 7.67. The first-order valence-corrected chi connectivity index (χ1v) is 23.6. The first-order chi connectivity index (χ1) is 30.5. The summed E-state index contributed by atoms with van der Waals surface area (Å²) in [4.78, 5) is 27.3. The number of carbonyl (C=O) groups is 1. The zero-order valence-electron chi connectivity index (χ0n) is 37.8. The minimum absolute atomic E-state index is 0.379. The fraction of sp³-hybridized carbons (Fsp3) is 0.400. The Kier molecular flexibility index (Phi) is 20.9. The maximum absolute atomic E-state index is 10.4.